The molecule has 94 valence electrons. The molecule has 0 atom stereocenters. The number of hydrazine groups is 1. The number of rotatable bonds is 3. The Bertz CT molecular complexity index is 555. The molecule has 0 aliphatic rings. The van der Waals surface area contributed by atoms with Gasteiger partial charge in [0.2, 0.25) is 0 Å². The van der Waals surface area contributed by atoms with Crippen LogP contribution in [0, 0.1) is 6.92 Å². The van der Waals surface area contributed by atoms with Crippen LogP contribution in [0.1, 0.15) is 5.76 Å². The number of amides is 2. The van der Waals surface area contributed by atoms with E-state index in [-0.39, 0.29) is 0 Å². The van der Waals surface area contributed by atoms with Gasteiger partial charge in [-0.1, -0.05) is 28.9 Å². The Morgan fingerprint density at radius 2 is 2.17 bits per heavy atom. The minimum absolute atomic E-state index is 0.339. The number of nitrogens with one attached hydrogen (secondary N) is 3. The lowest BCUT2D eigenvalue weighted by atomic mass is 10.3. The average Bonchev–Trinajstić information content (AvgIpc) is 2.74. The molecule has 2 aromatic rings. The molecule has 0 unspecified atom stereocenters. The van der Waals surface area contributed by atoms with E-state index >= 15 is 0 Å². The number of carbonyl (C=O) groups is 1. The molecular formula is C11H11ClN4O2. The smallest absolute Gasteiger partial charge is 0.339 e. The quantitative estimate of drug-likeness (QED) is 0.747. The van der Waals surface area contributed by atoms with Gasteiger partial charge in [-0.15, -0.1) is 0 Å². The van der Waals surface area contributed by atoms with Crippen molar-refractivity contribution in [1.29, 1.82) is 0 Å². The van der Waals surface area contributed by atoms with E-state index in [1.807, 2.05) is 0 Å². The van der Waals surface area contributed by atoms with Crippen molar-refractivity contribution >= 4 is 29.1 Å². The molecule has 1 aromatic heterocycles. The fourth-order valence-corrected chi connectivity index (χ4v) is 1.44. The number of benzene rings is 1. The van der Waals surface area contributed by atoms with Gasteiger partial charge in [-0.25, -0.2) is 4.79 Å². The van der Waals surface area contributed by atoms with Crippen LogP contribution in [-0.2, 0) is 0 Å². The van der Waals surface area contributed by atoms with Gasteiger partial charge in [0.05, 0.1) is 10.7 Å². The molecule has 0 bridgehead atoms. The highest BCUT2D eigenvalue weighted by atomic mass is 35.5. The second-order valence-electron chi connectivity index (χ2n) is 3.51. The number of para-hydroxylation sites is 1. The summed E-state index contributed by atoms with van der Waals surface area (Å²) in [7, 11) is 0. The third-order valence-corrected chi connectivity index (χ3v) is 2.38. The molecule has 0 aliphatic heterocycles. The van der Waals surface area contributed by atoms with E-state index in [1.165, 1.54) is 0 Å². The summed E-state index contributed by atoms with van der Waals surface area (Å²) < 4.78 is 4.81. The first-order chi connectivity index (χ1) is 8.65. The highest BCUT2D eigenvalue weighted by molar-refractivity contribution is 6.33. The SMILES string of the molecule is Cc1cc(NC(=O)NNc2ccccc2Cl)no1. The highest BCUT2D eigenvalue weighted by Crippen LogP contribution is 2.19. The van der Waals surface area contributed by atoms with Crippen molar-refractivity contribution in [3.8, 4) is 0 Å². The lowest BCUT2D eigenvalue weighted by Crippen LogP contribution is -2.33. The van der Waals surface area contributed by atoms with Crippen LogP contribution in [-0.4, -0.2) is 11.2 Å². The predicted octanol–water partition coefficient (Wildman–Crippen LogP) is 2.79. The Labute approximate surface area is 108 Å². The first-order valence-electron chi connectivity index (χ1n) is 5.16. The topological polar surface area (TPSA) is 79.2 Å². The van der Waals surface area contributed by atoms with Gasteiger partial charge in [-0.3, -0.25) is 16.2 Å². The standard InChI is InChI=1S/C11H11ClN4O2/c1-7-6-10(16-18-7)13-11(17)15-14-9-5-3-2-4-8(9)12/h2-6,14H,1H3,(H2,13,15,16,17). The van der Waals surface area contributed by atoms with E-state index in [0.717, 1.165) is 0 Å². The number of carbonyl (C=O) groups excluding carboxylic acids is 1. The zero-order valence-electron chi connectivity index (χ0n) is 9.53. The molecule has 3 N–H and O–H groups in total. The first kappa shape index (κ1) is 12.3. The Hall–Kier alpha value is -2.21. The van der Waals surface area contributed by atoms with E-state index < -0.39 is 6.03 Å². The second kappa shape index (κ2) is 5.42. The second-order valence-corrected chi connectivity index (χ2v) is 3.91. The molecule has 0 spiro atoms. The zero-order valence-corrected chi connectivity index (χ0v) is 10.3. The van der Waals surface area contributed by atoms with Gasteiger partial charge in [0, 0.05) is 6.07 Å². The monoisotopic (exact) mass is 266 g/mol. The molecule has 0 saturated heterocycles. The van der Waals surface area contributed by atoms with Crippen LogP contribution in [0.25, 0.3) is 0 Å². The summed E-state index contributed by atoms with van der Waals surface area (Å²) in [5, 5.41) is 6.63. The molecule has 0 radical (unpaired) electrons. The third kappa shape index (κ3) is 3.14. The molecule has 2 amide bonds. The summed E-state index contributed by atoms with van der Waals surface area (Å²) in [6.07, 6.45) is 0. The lowest BCUT2D eigenvalue weighted by Gasteiger charge is -2.09. The van der Waals surface area contributed by atoms with Crippen LogP contribution >= 0.6 is 11.6 Å². The Morgan fingerprint density at radius 3 is 2.83 bits per heavy atom. The summed E-state index contributed by atoms with van der Waals surface area (Å²) >= 11 is 5.91. The van der Waals surface area contributed by atoms with Crippen molar-refractivity contribution in [2.45, 2.75) is 6.92 Å². The van der Waals surface area contributed by atoms with Crippen LogP contribution in [0.15, 0.2) is 34.9 Å². The van der Waals surface area contributed by atoms with E-state index in [4.69, 9.17) is 16.1 Å². The van der Waals surface area contributed by atoms with Crippen molar-refractivity contribution in [2.75, 3.05) is 10.7 Å². The lowest BCUT2D eigenvalue weighted by molar-refractivity contribution is 0.253. The number of urea groups is 1. The predicted molar refractivity (Wildman–Crippen MR) is 68.5 cm³/mol. The number of halogens is 1. The molecule has 1 heterocycles. The molecule has 2 rings (SSSR count). The van der Waals surface area contributed by atoms with Gasteiger partial charge < -0.3 is 4.52 Å². The van der Waals surface area contributed by atoms with E-state index in [2.05, 4.69) is 21.3 Å². The zero-order chi connectivity index (χ0) is 13.0. The molecule has 6 nitrogen and oxygen atoms in total. The maximum Gasteiger partial charge on any atom is 0.339 e. The van der Waals surface area contributed by atoms with Gasteiger partial charge in [-0.2, -0.15) is 0 Å². The molecular weight excluding hydrogens is 256 g/mol. The molecule has 0 fully saturated rings. The fourth-order valence-electron chi connectivity index (χ4n) is 1.26. The highest BCUT2D eigenvalue weighted by Gasteiger charge is 2.05. The van der Waals surface area contributed by atoms with Gasteiger partial charge in [0.1, 0.15) is 5.76 Å². The Kier molecular flexibility index (Phi) is 3.69. The van der Waals surface area contributed by atoms with E-state index in [9.17, 15) is 4.79 Å². The first-order valence-corrected chi connectivity index (χ1v) is 5.54. The van der Waals surface area contributed by atoms with Crippen LogP contribution in [0.5, 0.6) is 0 Å². The van der Waals surface area contributed by atoms with Gasteiger partial charge in [-0.05, 0) is 19.1 Å². The molecule has 0 aliphatic carbocycles. The Morgan fingerprint density at radius 1 is 1.39 bits per heavy atom. The largest absolute Gasteiger partial charge is 0.360 e. The average molecular weight is 267 g/mol. The van der Waals surface area contributed by atoms with Crippen molar-refractivity contribution in [1.82, 2.24) is 10.6 Å². The maximum absolute atomic E-state index is 11.5. The number of aryl methyl sites for hydroxylation is 1. The van der Waals surface area contributed by atoms with Crippen molar-refractivity contribution in [2.24, 2.45) is 0 Å². The summed E-state index contributed by atoms with van der Waals surface area (Å²) in [6.45, 7) is 1.73. The maximum atomic E-state index is 11.5. The van der Waals surface area contributed by atoms with Crippen LogP contribution in [0.3, 0.4) is 0 Å². The van der Waals surface area contributed by atoms with Gasteiger partial charge in [0.15, 0.2) is 5.82 Å². The van der Waals surface area contributed by atoms with Gasteiger partial charge in [0.25, 0.3) is 0 Å². The molecule has 18 heavy (non-hydrogen) atoms. The molecule has 7 heteroatoms. The number of anilines is 2. The van der Waals surface area contributed by atoms with E-state index in [1.54, 1.807) is 37.3 Å². The third-order valence-electron chi connectivity index (χ3n) is 2.05. The van der Waals surface area contributed by atoms with E-state index in [0.29, 0.717) is 22.3 Å². The van der Waals surface area contributed by atoms with Crippen molar-refractivity contribution in [3.63, 3.8) is 0 Å². The minimum Gasteiger partial charge on any atom is -0.360 e. The Balaban J connectivity index is 1.87. The van der Waals surface area contributed by atoms with Crippen LogP contribution in [0.2, 0.25) is 5.02 Å². The van der Waals surface area contributed by atoms with Gasteiger partial charge >= 0.3 is 6.03 Å². The summed E-state index contributed by atoms with van der Waals surface area (Å²) in [6, 6.07) is 8.19. The normalized spacial score (nSPS) is 9.89. The van der Waals surface area contributed by atoms with Crippen molar-refractivity contribution in [3.05, 3.63) is 41.1 Å². The number of hydrogen-bond donors (Lipinski definition) is 3. The minimum atomic E-state index is -0.469. The summed E-state index contributed by atoms with van der Waals surface area (Å²) in [5.74, 6) is 0.954. The molecule has 1 aromatic carbocycles. The van der Waals surface area contributed by atoms with Crippen LogP contribution in [0.4, 0.5) is 16.3 Å². The molecule has 0 saturated carbocycles. The van der Waals surface area contributed by atoms with Crippen molar-refractivity contribution < 1.29 is 9.32 Å². The number of nitrogens with zero attached hydrogens (tertiary/aromatic N) is 1. The van der Waals surface area contributed by atoms with Crippen LogP contribution < -0.4 is 16.2 Å². The fraction of sp³-hybridized carbons (Fsp3) is 0.0909. The number of aromatic nitrogens is 1. The number of hydrogen-bond acceptors (Lipinski definition) is 4. The summed E-state index contributed by atoms with van der Waals surface area (Å²) in [5.41, 5.74) is 5.72. The summed E-state index contributed by atoms with van der Waals surface area (Å²) in [4.78, 5) is 11.5.